The molecule has 0 bridgehead atoms. The van der Waals surface area contributed by atoms with Gasteiger partial charge in [0.05, 0.1) is 0 Å². The lowest BCUT2D eigenvalue weighted by Gasteiger charge is -2.12. The Hall–Kier alpha value is -3.12. The van der Waals surface area contributed by atoms with Gasteiger partial charge in [-0.15, -0.1) is 0 Å². The molecule has 3 aromatic carbocycles. The molecule has 5 rings (SSSR count). The minimum absolute atomic E-state index is 1.10. The van der Waals surface area contributed by atoms with Crippen LogP contribution < -0.4 is 0 Å². The molecule has 0 amide bonds. The summed E-state index contributed by atoms with van der Waals surface area (Å²) in [4.78, 5) is 0. The Balaban J connectivity index is 1.48. The molecule has 0 spiro atoms. The van der Waals surface area contributed by atoms with Crippen molar-refractivity contribution in [3.8, 4) is 11.1 Å². The Bertz CT molecular complexity index is 1140. The van der Waals surface area contributed by atoms with Crippen LogP contribution in [0.1, 0.15) is 17.5 Å². The van der Waals surface area contributed by atoms with Gasteiger partial charge in [0.15, 0.2) is 0 Å². The van der Waals surface area contributed by atoms with Gasteiger partial charge in [-0.1, -0.05) is 91.0 Å². The van der Waals surface area contributed by atoms with Crippen LogP contribution in [0.15, 0.2) is 97.1 Å². The fourth-order valence-corrected chi connectivity index (χ4v) is 4.33. The first-order valence-corrected chi connectivity index (χ1v) is 9.76. The summed E-state index contributed by atoms with van der Waals surface area (Å²) in [5.74, 6) is 0. The third-order valence-corrected chi connectivity index (χ3v) is 5.64. The van der Waals surface area contributed by atoms with Gasteiger partial charge in [-0.25, -0.2) is 0 Å². The first-order chi connectivity index (χ1) is 13.4. The molecule has 2 aliphatic carbocycles. The molecule has 2 aliphatic rings. The highest BCUT2D eigenvalue weighted by molar-refractivity contribution is 6.02. The topological polar surface area (TPSA) is 0 Å². The van der Waals surface area contributed by atoms with E-state index in [0.717, 1.165) is 19.3 Å². The van der Waals surface area contributed by atoms with E-state index in [0.29, 0.717) is 0 Å². The van der Waals surface area contributed by atoms with Gasteiger partial charge in [-0.05, 0) is 69.1 Å². The maximum absolute atomic E-state index is 2.32. The van der Waals surface area contributed by atoms with Gasteiger partial charge in [-0.3, -0.25) is 0 Å². The van der Waals surface area contributed by atoms with Crippen LogP contribution >= 0.6 is 0 Å². The van der Waals surface area contributed by atoms with Crippen molar-refractivity contribution in [2.45, 2.75) is 19.3 Å². The third kappa shape index (κ3) is 2.98. The lowest BCUT2D eigenvalue weighted by atomic mass is 9.93. The maximum atomic E-state index is 2.32. The van der Waals surface area contributed by atoms with Crippen molar-refractivity contribution in [3.63, 3.8) is 0 Å². The first kappa shape index (κ1) is 16.1. The van der Waals surface area contributed by atoms with Crippen LogP contribution in [0.4, 0.5) is 0 Å². The van der Waals surface area contributed by atoms with E-state index in [2.05, 4.69) is 97.1 Å². The minimum atomic E-state index is 1.10. The third-order valence-electron chi connectivity index (χ3n) is 5.64. The van der Waals surface area contributed by atoms with Gasteiger partial charge >= 0.3 is 0 Å². The van der Waals surface area contributed by atoms with Crippen LogP contribution in [0.5, 0.6) is 0 Å². The molecule has 0 atom stereocenters. The highest BCUT2D eigenvalue weighted by Gasteiger charge is 2.10. The molecule has 0 radical (unpaired) electrons. The van der Waals surface area contributed by atoms with E-state index in [1.165, 1.54) is 43.8 Å². The van der Waals surface area contributed by atoms with Crippen LogP contribution in [0.3, 0.4) is 0 Å². The maximum Gasteiger partial charge on any atom is -0.0146 e. The molecule has 27 heavy (non-hydrogen) atoms. The van der Waals surface area contributed by atoms with Crippen molar-refractivity contribution in [2.75, 3.05) is 0 Å². The molecular weight excluding hydrogens is 324 g/mol. The SMILES string of the molecule is c1ccc2ccc(CCCc3c4ccccc4cc4ccccc34)c-2cc1. The van der Waals surface area contributed by atoms with E-state index in [1.807, 2.05) is 0 Å². The molecule has 0 heterocycles. The second-order valence-electron chi connectivity index (χ2n) is 7.29. The lowest BCUT2D eigenvalue weighted by molar-refractivity contribution is 0.832. The zero-order chi connectivity index (χ0) is 18.1. The van der Waals surface area contributed by atoms with E-state index in [9.17, 15) is 0 Å². The van der Waals surface area contributed by atoms with Crippen LogP contribution in [0.2, 0.25) is 0 Å². The molecule has 0 aromatic heterocycles. The molecule has 0 nitrogen and oxygen atoms in total. The Labute approximate surface area is 160 Å². The smallest absolute Gasteiger partial charge is 0.0146 e. The zero-order valence-corrected chi connectivity index (χ0v) is 15.4. The zero-order valence-electron chi connectivity index (χ0n) is 15.4. The second-order valence-corrected chi connectivity index (χ2v) is 7.29. The summed E-state index contributed by atoms with van der Waals surface area (Å²) in [6.07, 6.45) is 3.38. The summed E-state index contributed by atoms with van der Waals surface area (Å²) in [6.45, 7) is 0. The van der Waals surface area contributed by atoms with Crippen LogP contribution in [-0.2, 0) is 12.8 Å². The van der Waals surface area contributed by atoms with E-state index in [1.54, 1.807) is 0 Å². The van der Waals surface area contributed by atoms with Gasteiger partial charge in [0, 0.05) is 0 Å². The van der Waals surface area contributed by atoms with Crippen LogP contribution in [0.25, 0.3) is 32.7 Å². The minimum Gasteiger partial charge on any atom is -0.0622 e. The summed E-state index contributed by atoms with van der Waals surface area (Å²) in [6, 6.07) is 35.3. The lowest BCUT2D eigenvalue weighted by Crippen LogP contribution is -1.93. The summed E-state index contributed by atoms with van der Waals surface area (Å²) >= 11 is 0. The summed E-state index contributed by atoms with van der Waals surface area (Å²) < 4.78 is 0. The fourth-order valence-electron chi connectivity index (χ4n) is 4.33. The molecule has 0 N–H and O–H groups in total. The predicted molar refractivity (Wildman–Crippen MR) is 117 cm³/mol. The molecule has 0 unspecified atom stereocenters. The first-order valence-electron chi connectivity index (χ1n) is 9.76. The molecule has 0 fully saturated rings. The molecular formula is C27H22. The average molecular weight is 346 g/mol. The van der Waals surface area contributed by atoms with E-state index in [-0.39, 0.29) is 0 Å². The number of benzene rings is 3. The molecule has 0 saturated heterocycles. The number of hydrogen-bond acceptors (Lipinski definition) is 0. The van der Waals surface area contributed by atoms with Gasteiger partial charge < -0.3 is 0 Å². The largest absolute Gasteiger partial charge is 0.0622 e. The summed E-state index contributed by atoms with van der Waals surface area (Å²) in [5.41, 5.74) is 5.68. The van der Waals surface area contributed by atoms with Gasteiger partial charge in [-0.2, -0.15) is 0 Å². The van der Waals surface area contributed by atoms with Crippen molar-refractivity contribution in [1.82, 2.24) is 0 Å². The number of hydrogen-bond donors (Lipinski definition) is 0. The second kappa shape index (κ2) is 6.89. The van der Waals surface area contributed by atoms with E-state index in [4.69, 9.17) is 0 Å². The fraction of sp³-hybridized carbons (Fsp3) is 0.111. The Morgan fingerprint density at radius 2 is 1.19 bits per heavy atom. The van der Waals surface area contributed by atoms with Crippen molar-refractivity contribution in [2.24, 2.45) is 0 Å². The summed E-state index contributed by atoms with van der Waals surface area (Å²) in [7, 11) is 0. The normalized spacial score (nSPS) is 11.4. The van der Waals surface area contributed by atoms with Crippen molar-refractivity contribution < 1.29 is 0 Å². The molecule has 0 saturated carbocycles. The standard InChI is InChI=1S/C27H22/c1-2-9-20-17-18-21(24(20)13-3-1)12-8-16-27-25-14-6-4-10-22(25)19-23-11-5-7-15-26(23)27/h1-7,9-11,13-15,17-19H,8,12,16H2. The van der Waals surface area contributed by atoms with Crippen molar-refractivity contribution in [3.05, 3.63) is 108 Å². The number of aryl methyl sites for hydroxylation is 2. The summed E-state index contributed by atoms with van der Waals surface area (Å²) in [5, 5.41) is 5.49. The monoisotopic (exact) mass is 346 g/mol. The van der Waals surface area contributed by atoms with Crippen molar-refractivity contribution in [1.29, 1.82) is 0 Å². The Kier molecular flexibility index (Phi) is 4.10. The Morgan fingerprint density at radius 1 is 0.519 bits per heavy atom. The number of rotatable bonds is 4. The average Bonchev–Trinajstić information content (AvgIpc) is 2.93. The molecule has 0 aliphatic heterocycles. The van der Waals surface area contributed by atoms with Gasteiger partial charge in [0.1, 0.15) is 0 Å². The van der Waals surface area contributed by atoms with E-state index < -0.39 is 0 Å². The highest BCUT2D eigenvalue weighted by atomic mass is 14.1. The van der Waals surface area contributed by atoms with Crippen molar-refractivity contribution >= 4 is 21.5 Å². The Morgan fingerprint density at radius 3 is 1.96 bits per heavy atom. The van der Waals surface area contributed by atoms with Crippen LogP contribution in [0, 0.1) is 0 Å². The quantitative estimate of drug-likeness (QED) is 0.300. The van der Waals surface area contributed by atoms with Gasteiger partial charge in [0.25, 0.3) is 0 Å². The van der Waals surface area contributed by atoms with E-state index >= 15 is 0 Å². The van der Waals surface area contributed by atoms with Crippen LogP contribution in [-0.4, -0.2) is 0 Å². The number of fused-ring (bicyclic) bond motifs is 3. The molecule has 130 valence electrons. The van der Waals surface area contributed by atoms with Gasteiger partial charge in [0.2, 0.25) is 0 Å². The molecule has 0 heteroatoms. The molecule has 3 aromatic rings. The highest BCUT2D eigenvalue weighted by Crippen LogP contribution is 2.31. The predicted octanol–water partition coefficient (Wildman–Crippen LogP) is 7.27.